The molecule has 1 fully saturated rings. The molecule has 2 heterocycles. The van der Waals surface area contributed by atoms with Crippen LogP contribution in [0, 0.1) is 0 Å². The van der Waals surface area contributed by atoms with Gasteiger partial charge in [0.05, 0.1) is 13.2 Å². The molecule has 1 atom stereocenters. The third-order valence-electron chi connectivity index (χ3n) is 3.36. The van der Waals surface area contributed by atoms with E-state index in [1.165, 1.54) is 4.90 Å². The van der Waals surface area contributed by atoms with Crippen molar-refractivity contribution in [3.05, 3.63) is 17.5 Å². The van der Waals surface area contributed by atoms with Gasteiger partial charge in [-0.1, -0.05) is 12.1 Å². The Kier molecular flexibility index (Phi) is 4.08. The number of aryl methyl sites for hydroxylation is 1. The van der Waals surface area contributed by atoms with Crippen LogP contribution in [0.15, 0.2) is 10.6 Å². The summed E-state index contributed by atoms with van der Waals surface area (Å²) in [7, 11) is 0. The first-order valence-electron chi connectivity index (χ1n) is 6.65. The molecule has 0 spiro atoms. The van der Waals surface area contributed by atoms with E-state index in [9.17, 15) is 9.59 Å². The van der Waals surface area contributed by atoms with Crippen LogP contribution in [0.4, 0.5) is 0 Å². The summed E-state index contributed by atoms with van der Waals surface area (Å²) in [5, 5.41) is 3.78. The summed E-state index contributed by atoms with van der Waals surface area (Å²) in [6.07, 6.45) is 1.66. The van der Waals surface area contributed by atoms with Gasteiger partial charge in [0, 0.05) is 19.0 Å². The lowest BCUT2D eigenvalue weighted by Gasteiger charge is -2.37. The van der Waals surface area contributed by atoms with Gasteiger partial charge in [-0.05, 0) is 13.3 Å². The molecule has 110 valence electrons. The summed E-state index contributed by atoms with van der Waals surface area (Å²) in [6.45, 7) is 4.39. The minimum Gasteiger partial charge on any atom is -0.367 e. The Hall–Kier alpha value is -1.89. The molecule has 7 nitrogen and oxygen atoms in total. The van der Waals surface area contributed by atoms with E-state index in [0.29, 0.717) is 12.3 Å². The van der Waals surface area contributed by atoms with Crippen molar-refractivity contribution in [1.82, 2.24) is 10.1 Å². The number of ether oxygens (including phenoxy) is 1. The number of nitrogens with two attached hydrogens (primary N) is 1. The number of rotatable bonds is 4. The van der Waals surface area contributed by atoms with Crippen LogP contribution in [0.3, 0.4) is 0 Å². The molecule has 1 aromatic heterocycles. The van der Waals surface area contributed by atoms with Crippen molar-refractivity contribution in [3.8, 4) is 0 Å². The molecular formula is C13H19N3O4. The molecule has 1 aromatic rings. The zero-order valence-electron chi connectivity index (χ0n) is 11.7. The van der Waals surface area contributed by atoms with Gasteiger partial charge in [-0.3, -0.25) is 9.59 Å². The lowest BCUT2D eigenvalue weighted by molar-refractivity contribution is -0.150. The number of hydrogen-bond acceptors (Lipinski definition) is 5. The Balaban J connectivity index is 2.10. The monoisotopic (exact) mass is 281 g/mol. The Morgan fingerprint density at radius 2 is 2.30 bits per heavy atom. The van der Waals surface area contributed by atoms with Gasteiger partial charge in [0.15, 0.2) is 11.3 Å². The van der Waals surface area contributed by atoms with Crippen molar-refractivity contribution in [2.45, 2.75) is 32.3 Å². The van der Waals surface area contributed by atoms with Gasteiger partial charge in [0.25, 0.3) is 11.8 Å². The van der Waals surface area contributed by atoms with Gasteiger partial charge in [0.1, 0.15) is 5.76 Å². The zero-order valence-corrected chi connectivity index (χ0v) is 11.7. The molecule has 0 aliphatic carbocycles. The first-order valence-corrected chi connectivity index (χ1v) is 6.65. The van der Waals surface area contributed by atoms with E-state index in [1.807, 2.05) is 6.92 Å². The van der Waals surface area contributed by atoms with Crippen molar-refractivity contribution >= 4 is 11.8 Å². The number of amides is 2. The second kappa shape index (κ2) is 5.62. The topological polar surface area (TPSA) is 98.7 Å². The molecule has 0 aromatic carbocycles. The normalized spacial score (nSPS) is 22.8. The number of hydrogen-bond donors (Lipinski definition) is 1. The highest BCUT2D eigenvalue weighted by molar-refractivity contribution is 5.93. The predicted octanol–water partition coefficient (Wildman–Crippen LogP) is 0.344. The maximum atomic E-state index is 12.3. The van der Waals surface area contributed by atoms with Crippen LogP contribution in [0.5, 0.6) is 0 Å². The minimum absolute atomic E-state index is 0.122. The molecule has 2 amide bonds. The molecule has 1 aliphatic heterocycles. The van der Waals surface area contributed by atoms with Crippen molar-refractivity contribution < 1.29 is 18.8 Å². The average Bonchev–Trinajstić information content (AvgIpc) is 2.87. The molecule has 0 saturated carbocycles. The molecule has 2 rings (SSSR count). The van der Waals surface area contributed by atoms with Crippen molar-refractivity contribution in [3.63, 3.8) is 0 Å². The molecule has 2 N–H and O–H groups in total. The molecule has 0 radical (unpaired) electrons. The number of primary amides is 1. The third kappa shape index (κ3) is 2.82. The summed E-state index contributed by atoms with van der Waals surface area (Å²) >= 11 is 0. The zero-order chi connectivity index (χ0) is 14.8. The Labute approximate surface area is 117 Å². The second-order valence-electron chi connectivity index (χ2n) is 5.10. The summed E-state index contributed by atoms with van der Waals surface area (Å²) < 4.78 is 10.5. The highest BCUT2D eigenvalue weighted by atomic mass is 16.5. The fourth-order valence-electron chi connectivity index (χ4n) is 2.13. The molecule has 1 aliphatic rings. The lowest BCUT2D eigenvalue weighted by Crippen LogP contribution is -2.58. The maximum Gasteiger partial charge on any atom is 0.276 e. The van der Waals surface area contributed by atoms with Crippen LogP contribution in [-0.4, -0.2) is 47.2 Å². The fourth-order valence-corrected chi connectivity index (χ4v) is 2.13. The highest BCUT2D eigenvalue weighted by Gasteiger charge is 2.39. The van der Waals surface area contributed by atoms with Crippen LogP contribution in [0.1, 0.15) is 36.5 Å². The highest BCUT2D eigenvalue weighted by Crippen LogP contribution is 2.19. The number of nitrogens with zero attached hydrogens (tertiary/aromatic N) is 2. The third-order valence-corrected chi connectivity index (χ3v) is 3.36. The van der Waals surface area contributed by atoms with E-state index in [0.717, 1.165) is 12.8 Å². The summed E-state index contributed by atoms with van der Waals surface area (Å²) in [4.78, 5) is 25.2. The summed E-state index contributed by atoms with van der Waals surface area (Å²) in [5.74, 6) is -0.171. The first-order chi connectivity index (χ1) is 9.46. The molecule has 0 unspecified atom stereocenters. The SMILES string of the molecule is CCCc1cc(C(=O)N2CCO[C@](C)(C(N)=O)C2)no1. The van der Waals surface area contributed by atoms with E-state index in [1.54, 1.807) is 13.0 Å². The van der Waals surface area contributed by atoms with Gasteiger partial charge >= 0.3 is 0 Å². The number of morpholine rings is 1. The van der Waals surface area contributed by atoms with E-state index in [-0.39, 0.29) is 24.8 Å². The Morgan fingerprint density at radius 1 is 1.55 bits per heavy atom. The van der Waals surface area contributed by atoms with Crippen molar-refractivity contribution in [1.29, 1.82) is 0 Å². The number of aromatic nitrogens is 1. The molecule has 20 heavy (non-hydrogen) atoms. The van der Waals surface area contributed by atoms with Crippen LogP contribution in [0.25, 0.3) is 0 Å². The largest absolute Gasteiger partial charge is 0.367 e. The fraction of sp³-hybridized carbons (Fsp3) is 0.615. The quantitative estimate of drug-likeness (QED) is 0.858. The van der Waals surface area contributed by atoms with E-state index >= 15 is 0 Å². The van der Waals surface area contributed by atoms with E-state index in [2.05, 4.69) is 5.16 Å². The second-order valence-corrected chi connectivity index (χ2v) is 5.10. The van der Waals surface area contributed by atoms with Gasteiger partial charge in [0.2, 0.25) is 0 Å². The van der Waals surface area contributed by atoms with Crippen LogP contribution in [-0.2, 0) is 16.0 Å². The van der Waals surface area contributed by atoms with E-state index in [4.69, 9.17) is 15.0 Å². The standard InChI is InChI=1S/C13H19N3O4/c1-3-4-9-7-10(15-20-9)11(17)16-5-6-19-13(2,8-16)12(14)18/h7H,3-6,8H2,1-2H3,(H2,14,18)/t13-/m0/s1. The minimum atomic E-state index is -1.15. The van der Waals surface area contributed by atoms with Gasteiger partial charge in [-0.2, -0.15) is 0 Å². The number of carbonyl (C=O) groups is 2. The summed E-state index contributed by atoms with van der Waals surface area (Å²) in [6, 6.07) is 1.64. The van der Waals surface area contributed by atoms with Crippen LogP contribution >= 0.6 is 0 Å². The Morgan fingerprint density at radius 3 is 2.95 bits per heavy atom. The molecule has 7 heteroatoms. The van der Waals surface area contributed by atoms with Gasteiger partial charge in [-0.15, -0.1) is 0 Å². The van der Waals surface area contributed by atoms with Crippen molar-refractivity contribution in [2.24, 2.45) is 5.73 Å². The molecular weight excluding hydrogens is 262 g/mol. The number of carbonyl (C=O) groups excluding carboxylic acids is 2. The van der Waals surface area contributed by atoms with Crippen LogP contribution in [0.2, 0.25) is 0 Å². The molecule has 1 saturated heterocycles. The van der Waals surface area contributed by atoms with Crippen molar-refractivity contribution in [2.75, 3.05) is 19.7 Å². The van der Waals surface area contributed by atoms with Gasteiger partial charge in [-0.25, -0.2) is 0 Å². The maximum absolute atomic E-state index is 12.3. The van der Waals surface area contributed by atoms with Gasteiger partial charge < -0.3 is 19.9 Å². The first kappa shape index (κ1) is 14.5. The predicted molar refractivity (Wildman–Crippen MR) is 70.0 cm³/mol. The Bertz CT molecular complexity index is 513. The molecule has 0 bridgehead atoms. The van der Waals surface area contributed by atoms with E-state index < -0.39 is 11.5 Å². The average molecular weight is 281 g/mol. The smallest absolute Gasteiger partial charge is 0.276 e. The summed E-state index contributed by atoms with van der Waals surface area (Å²) in [5.41, 5.74) is 4.41. The lowest BCUT2D eigenvalue weighted by atomic mass is 10.0. The van der Waals surface area contributed by atoms with Crippen LogP contribution < -0.4 is 5.73 Å².